The first kappa shape index (κ1) is 13.1. The van der Waals surface area contributed by atoms with Crippen LogP contribution in [0.5, 0.6) is 5.75 Å². The van der Waals surface area contributed by atoms with Gasteiger partial charge in [-0.25, -0.2) is 4.98 Å². The van der Waals surface area contributed by atoms with Gasteiger partial charge in [-0.05, 0) is 37.3 Å². The number of aromatic hydroxyl groups is 1. The number of pyridine rings is 1. The van der Waals surface area contributed by atoms with Crippen LogP contribution in [0.15, 0.2) is 65.8 Å². The van der Waals surface area contributed by atoms with Gasteiger partial charge in [-0.15, -0.1) is 0 Å². The van der Waals surface area contributed by atoms with Crippen LogP contribution < -0.4 is 5.43 Å². The van der Waals surface area contributed by atoms with Crippen LogP contribution in [0.1, 0.15) is 12.5 Å². The monoisotopic (exact) mass is 277 g/mol. The summed E-state index contributed by atoms with van der Waals surface area (Å²) in [6.45, 7) is 1.84. The molecule has 1 aromatic heterocycles. The molecule has 3 rings (SSSR count). The van der Waals surface area contributed by atoms with E-state index in [4.69, 9.17) is 0 Å². The van der Waals surface area contributed by atoms with Crippen molar-refractivity contribution >= 4 is 22.4 Å². The third-order valence-corrected chi connectivity index (χ3v) is 3.23. The van der Waals surface area contributed by atoms with Crippen molar-refractivity contribution in [3.8, 4) is 5.75 Å². The van der Waals surface area contributed by atoms with Crippen LogP contribution in [0, 0.1) is 0 Å². The van der Waals surface area contributed by atoms with E-state index >= 15 is 0 Å². The number of anilines is 1. The molecule has 0 saturated heterocycles. The fourth-order valence-electron chi connectivity index (χ4n) is 2.11. The van der Waals surface area contributed by atoms with E-state index in [1.54, 1.807) is 12.1 Å². The molecule has 4 nitrogen and oxygen atoms in total. The van der Waals surface area contributed by atoms with E-state index in [2.05, 4.69) is 15.5 Å². The number of hydrogen-bond acceptors (Lipinski definition) is 4. The van der Waals surface area contributed by atoms with Gasteiger partial charge in [0.25, 0.3) is 0 Å². The van der Waals surface area contributed by atoms with E-state index in [9.17, 15) is 5.11 Å². The second-order valence-electron chi connectivity index (χ2n) is 4.72. The van der Waals surface area contributed by atoms with Crippen LogP contribution in [-0.2, 0) is 0 Å². The molecule has 0 aliphatic carbocycles. The van der Waals surface area contributed by atoms with Crippen molar-refractivity contribution in [1.82, 2.24) is 4.98 Å². The molecule has 0 aliphatic rings. The zero-order valence-electron chi connectivity index (χ0n) is 11.6. The van der Waals surface area contributed by atoms with Gasteiger partial charge in [0.1, 0.15) is 11.6 Å². The van der Waals surface area contributed by atoms with Crippen molar-refractivity contribution in [3.05, 3.63) is 66.2 Å². The molecule has 0 unspecified atom stereocenters. The van der Waals surface area contributed by atoms with Gasteiger partial charge in [0.2, 0.25) is 0 Å². The minimum absolute atomic E-state index is 0.215. The van der Waals surface area contributed by atoms with Crippen molar-refractivity contribution in [1.29, 1.82) is 0 Å². The van der Waals surface area contributed by atoms with Gasteiger partial charge in [-0.3, -0.25) is 5.43 Å². The Morgan fingerprint density at radius 1 is 1.00 bits per heavy atom. The molecular weight excluding hydrogens is 262 g/mol. The maximum Gasteiger partial charge on any atom is 0.146 e. The van der Waals surface area contributed by atoms with Gasteiger partial charge in [-0.1, -0.05) is 30.3 Å². The van der Waals surface area contributed by atoms with Gasteiger partial charge >= 0.3 is 0 Å². The van der Waals surface area contributed by atoms with Gasteiger partial charge in [-0.2, -0.15) is 5.10 Å². The van der Waals surface area contributed by atoms with E-state index in [0.717, 1.165) is 10.9 Å². The summed E-state index contributed by atoms with van der Waals surface area (Å²) in [5.41, 5.74) is 5.24. The van der Waals surface area contributed by atoms with Crippen LogP contribution in [0.3, 0.4) is 0 Å². The van der Waals surface area contributed by atoms with Gasteiger partial charge in [0, 0.05) is 10.9 Å². The molecule has 1 heterocycles. The number of fused-ring (bicyclic) bond motifs is 1. The molecule has 0 amide bonds. The van der Waals surface area contributed by atoms with E-state index in [0.29, 0.717) is 17.1 Å². The number of benzene rings is 2. The molecule has 2 aromatic carbocycles. The normalized spacial score (nSPS) is 11.6. The Kier molecular flexibility index (Phi) is 3.51. The Balaban J connectivity index is 1.85. The number of rotatable bonds is 3. The van der Waals surface area contributed by atoms with Crippen molar-refractivity contribution in [2.24, 2.45) is 5.10 Å². The largest absolute Gasteiger partial charge is 0.507 e. The van der Waals surface area contributed by atoms with E-state index in [1.807, 2.05) is 55.5 Å². The molecule has 0 fully saturated rings. The smallest absolute Gasteiger partial charge is 0.146 e. The summed E-state index contributed by atoms with van der Waals surface area (Å²) in [5, 5.41) is 15.2. The van der Waals surface area contributed by atoms with E-state index in [1.165, 1.54) is 0 Å². The van der Waals surface area contributed by atoms with Crippen molar-refractivity contribution in [2.45, 2.75) is 6.92 Å². The van der Waals surface area contributed by atoms with Gasteiger partial charge in [0.15, 0.2) is 0 Å². The van der Waals surface area contributed by atoms with Crippen molar-refractivity contribution in [2.75, 3.05) is 5.43 Å². The van der Waals surface area contributed by atoms with Crippen LogP contribution in [-0.4, -0.2) is 15.8 Å². The molecule has 0 bridgehead atoms. The minimum Gasteiger partial charge on any atom is -0.507 e. The molecule has 0 atom stereocenters. The third-order valence-electron chi connectivity index (χ3n) is 3.23. The lowest BCUT2D eigenvalue weighted by atomic mass is 10.1. The van der Waals surface area contributed by atoms with Crippen LogP contribution in [0.2, 0.25) is 0 Å². The van der Waals surface area contributed by atoms with Gasteiger partial charge < -0.3 is 5.11 Å². The number of hydrogen-bond donors (Lipinski definition) is 2. The number of nitrogens with zero attached hydrogens (tertiary/aromatic N) is 2. The molecule has 0 spiro atoms. The summed E-state index contributed by atoms with van der Waals surface area (Å²) in [5.74, 6) is 0.885. The summed E-state index contributed by atoms with van der Waals surface area (Å²) >= 11 is 0. The second-order valence-corrected chi connectivity index (χ2v) is 4.72. The maximum atomic E-state index is 9.80. The summed E-state index contributed by atoms with van der Waals surface area (Å²) in [4.78, 5) is 4.48. The molecule has 104 valence electrons. The predicted molar refractivity (Wildman–Crippen MR) is 85.7 cm³/mol. The number of phenols is 1. The molecule has 2 N–H and O–H groups in total. The van der Waals surface area contributed by atoms with Crippen molar-refractivity contribution < 1.29 is 5.11 Å². The fourth-order valence-corrected chi connectivity index (χ4v) is 2.11. The number of para-hydroxylation sites is 2. The molecule has 0 saturated carbocycles. The lowest BCUT2D eigenvalue weighted by molar-refractivity contribution is 0.474. The zero-order valence-corrected chi connectivity index (χ0v) is 11.6. The number of hydrazone groups is 1. The molecule has 21 heavy (non-hydrogen) atoms. The predicted octanol–water partition coefficient (Wildman–Crippen LogP) is 3.78. The van der Waals surface area contributed by atoms with Gasteiger partial charge in [0.05, 0.1) is 11.2 Å². The number of nitrogens with one attached hydrogen (secondary N) is 1. The summed E-state index contributed by atoms with van der Waals surface area (Å²) in [6.07, 6.45) is 0. The summed E-state index contributed by atoms with van der Waals surface area (Å²) in [6, 6.07) is 18.9. The lowest BCUT2D eigenvalue weighted by Gasteiger charge is -2.05. The zero-order chi connectivity index (χ0) is 14.7. The van der Waals surface area contributed by atoms with E-state index < -0.39 is 0 Å². The first-order valence-corrected chi connectivity index (χ1v) is 6.68. The molecule has 0 aliphatic heterocycles. The molecular formula is C17H15N3O. The lowest BCUT2D eigenvalue weighted by Crippen LogP contribution is -2.01. The number of aromatic nitrogens is 1. The van der Waals surface area contributed by atoms with Crippen molar-refractivity contribution in [3.63, 3.8) is 0 Å². The Hall–Kier alpha value is -2.88. The van der Waals surface area contributed by atoms with Crippen LogP contribution >= 0.6 is 0 Å². The Morgan fingerprint density at radius 3 is 2.62 bits per heavy atom. The van der Waals surface area contributed by atoms with Crippen LogP contribution in [0.4, 0.5) is 5.82 Å². The standard InChI is InChI=1S/C17H15N3O/c1-12(14-7-3-5-9-16(14)21)19-20-17-11-10-13-6-2-4-8-15(13)18-17/h2-11,21H,1H3,(H,18,20)/b19-12+. The Bertz CT molecular complexity index is 812. The highest BCUT2D eigenvalue weighted by Crippen LogP contribution is 2.17. The third kappa shape index (κ3) is 2.84. The molecule has 4 heteroatoms. The highest BCUT2D eigenvalue weighted by Gasteiger charge is 2.03. The number of phenolic OH excluding ortho intramolecular Hbond substituents is 1. The highest BCUT2D eigenvalue weighted by molar-refractivity contribution is 6.01. The molecule has 0 radical (unpaired) electrons. The topological polar surface area (TPSA) is 57.5 Å². The molecule has 3 aromatic rings. The Labute approximate surface area is 122 Å². The summed E-state index contributed by atoms with van der Waals surface area (Å²) in [7, 11) is 0. The average molecular weight is 277 g/mol. The summed E-state index contributed by atoms with van der Waals surface area (Å²) < 4.78 is 0. The quantitative estimate of drug-likeness (QED) is 0.566. The van der Waals surface area contributed by atoms with E-state index in [-0.39, 0.29) is 5.75 Å². The maximum absolute atomic E-state index is 9.80. The average Bonchev–Trinajstić information content (AvgIpc) is 2.53. The SMILES string of the molecule is C/C(=N\Nc1ccc2ccccc2n1)c1ccccc1O. The highest BCUT2D eigenvalue weighted by atomic mass is 16.3. The first-order chi connectivity index (χ1) is 10.2. The fraction of sp³-hybridized carbons (Fsp3) is 0.0588. The minimum atomic E-state index is 0.215. The first-order valence-electron chi connectivity index (χ1n) is 6.68. The van der Waals surface area contributed by atoms with Crippen LogP contribution in [0.25, 0.3) is 10.9 Å². The Morgan fingerprint density at radius 2 is 1.76 bits per heavy atom. The second kappa shape index (κ2) is 5.63.